The highest BCUT2D eigenvalue weighted by Gasteiger charge is 2.47. The number of aliphatic hydroxyl groups is 1. The summed E-state index contributed by atoms with van der Waals surface area (Å²) in [5.41, 5.74) is 2.19. The molecule has 0 aromatic heterocycles. The Labute approximate surface area is 209 Å². The monoisotopic (exact) mass is 489 g/mol. The number of amides is 1. The van der Waals surface area contributed by atoms with E-state index in [1.54, 1.807) is 48.5 Å². The fraction of sp³-hybridized carbons (Fsp3) is 0.214. The summed E-state index contributed by atoms with van der Waals surface area (Å²) in [4.78, 5) is 28.2. The van der Waals surface area contributed by atoms with E-state index in [-0.39, 0.29) is 11.3 Å². The average molecular weight is 490 g/mol. The van der Waals surface area contributed by atoms with Crippen molar-refractivity contribution in [3.05, 3.63) is 82.9 Å². The van der Waals surface area contributed by atoms with Crippen molar-refractivity contribution in [2.24, 2.45) is 0 Å². The molecule has 3 aromatic carbocycles. The van der Waals surface area contributed by atoms with Gasteiger partial charge in [-0.1, -0.05) is 24.3 Å². The molecule has 0 spiro atoms. The zero-order chi connectivity index (χ0) is 26.0. The number of ketones is 1. The molecule has 1 saturated heterocycles. The zero-order valence-electron chi connectivity index (χ0n) is 20.7. The Bertz CT molecular complexity index is 1340. The molecule has 1 aliphatic rings. The van der Waals surface area contributed by atoms with Crippen molar-refractivity contribution in [3.63, 3.8) is 0 Å². The third-order valence-corrected chi connectivity index (χ3v) is 6.07. The molecule has 0 bridgehead atoms. The van der Waals surface area contributed by atoms with Gasteiger partial charge >= 0.3 is 0 Å². The van der Waals surface area contributed by atoms with Gasteiger partial charge in [-0.05, 0) is 54.4 Å². The summed E-state index contributed by atoms with van der Waals surface area (Å²) in [5, 5.41) is 11.4. The number of carbonyl (C=O) groups excluding carboxylic acids is 2. The van der Waals surface area contributed by atoms with Gasteiger partial charge in [0.05, 0.1) is 40.1 Å². The predicted octanol–water partition coefficient (Wildman–Crippen LogP) is 4.66. The van der Waals surface area contributed by atoms with Crippen molar-refractivity contribution in [2.45, 2.75) is 13.0 Å². The van der Waals surface area contributed by atoms with Crippen LogP contribution >= 0.6 is 0 Å². The van der Waals surface area contributed by atoms with Gasteiger partial charge < -0.3 is 24.1 Å². The number of methoxy groups -OCH3 is 4. The number of aryl methyl sites for hydroxylation is 1. The molecule has 1 heterocycles. The van der Waals surface area contributed by atoms with Gasteiger partial charge in [0.15, 0.2) is 11.5 Å². The van der Waals surface area contributed by atoms with Crippen LogP contribution in [-0.2, 0) is 9.59 Å². The molecule has 1 unspecified atom stereocenters. The Kier molecular flexibility index (Phi) is 6.87. The standard InChI is InChI=1S/C28H27NO7/c1-16-8-6-10-19(12-16)29-24(18-14-21(34-3)27(36-5)22(15-18)35-4)23(26(31)28(29)32)25(30)17-9-7-11-20(13-17)33-2/h6-15,24,30H,1-5H3/b25-23+. The van der Waals surface area contributed by atoms with E-state index in [0.717, 1.165) is 5.56 Å². The fourth-order valence-electron chi connectivity index (χ4n) is 4.38. The average Bonchev–Trinajstić information content (AvgIpc) is 3.17. The van der Waals surface area contributed by atoms with Gasteiger partial charge in [-0.15, -0.1) is 0 Å². The van der Waals surface area contributed by atoms with E-state index >= 15 is 0 Å². The molecular formula is C28H27NO7. The summed E-state index contributed by atoms with van der Waals surface area (Å²) in [6, 6.07) is 16.3. The van der Waals surface area contributed by atoms with E-state index in [4.69, 9.17) is 18.9 Å². The van der Waals surface area contributed by atoms with Gasteiger partial charge in [-0.2, -0.15) is 0 Å². The van der Waals surface area contributed by atoms with Crippen molar-refractivity contribution in [2.75, 3.05) is 33.3 Å². The van der Waals surface area contributed by atoms with Gasteiger partial charge in [0.25, 0.3) is 11.7 Å². The van der Waals surface area contributed by atoms with Gasteiger partial charge in [0.2, 0.25) is 5.75 Å². The number of Topliss-reactive ketones (excluding diaryl/α,β-unsaturated/α-hetero) is 1. The smallest absolute Gasteiger partial charge is 0.300 e. The van der Waals surface area contributed by atoms with E-state index in [1.165, 1.54) is 33.3 Å². The number of hydrogen-bond donors (Lipinski definition) is 1. The van der Waals surface area contributed by atoms with E-state index in [0.29, 0.717) is 39.8 Å². The third kappa shape index (κ3) is 4.22. The molecule has 8 nitrogen and oxygen atoms in total. The lowest BCUT2D eigenvalue weighted by molar-refractivity contribution is -0.132. The van der Waals surface area contributed by atoms with Crippen LogP contribution < -0.4 is 23.8 Å². The first-order valence-corrected chi connectivity index (χ1v) is 11.2. The van der Waals surface area contributed by atoms with Crippen LogP contribution in [0.5, 0.6) is 23.0 Å². The quantitative estimate of drug-likeness (QED) is 0.293. The minimum atomic E-state index is -0.966. The second-order valence-corrected chi connectivity index (χ2v) is 8.20. The largest absolute Gasteiger partial charge is 0.507 e. The van der Waals surface area contributed by atoms with Crippen LogP contribution in [0.25, 0.3) is 5.76 Å². The number of hydrogen-bond acceptors (Lipinski definition) is 7. The Hall–Kier alpha value is -4.46. The predicted molar refractivity (Wildman–Crippen MR) is 135 cm³/mol. The molecule has 1 fully saturated rings. The Morgan fingerprint density at radius 1 is 0.833 bits per heavy atom. The van der Waals surface area contributed by atoms with Crippen LogP contribution in [0.3, 0.4) is 0 Å². The second kappa shape index (κ2) is 10.0. The van der Waals surface area contributed by atoms with E-state index < -0.39 is 17.7 Å². The van der Waals surface area contributed by atoms with Crippen molar-refractivity contribution in [3.8, 4) is 23.0 Å². The first-order chi connectivity index (χ1) is 17.3. The van der Waals surface area contributed by atoms with Crippen LogP contribution in [0.1, 0.15) is 22.7 Å². The molecule has 4 rings (SSSR count). The summed E-state index contributed by atoms with van der Waals surface area (Å²) in [5.74, 6) is -0.327. The van der Waals surface area contributed by atoms with E-state index in [1.807, 2.05) is 19.1 Å². The van der Waals surface area contributed by atoms with Crippen LogP contribution in [-0.4, -0.2) is 45.2 Å². The summed E-state index contributed by atoms with van der Waals surface area (Å²) < 4.78 is 21.7. The molecule has 1 atom stereocenters. The maximum atomic E-state index is 13.4. The maximum absolute atomic E-state index is 13.4. The second-order valence-electron chi connectivity index (χ2n) is 8.20. The van der Waals surface area contributed by atoms with Crippen molar-refractivity contribution in [1.29, 1.82) is 0 Å². The van der Waals surface area contributed by atoms with Crippen LogP contribution in [0.4, 0.5) is 5.69 Å². The highest BCUT2D eigenvalue weighted by molar-refractivity contribution is 6.51. The van der Waals surface area contributed by atoms with Crippen LogP contribution in [0, 0.1) is 6.92 Å². The number of benzene rings is 3. The Morgan fingerprint density at radius 3 is 2.08 bits per heavy atom. The summed E-state index contributed by atoms with van der Waals surface area (Å²) >= 11 is 0. The van der Waals surface area contributed by atoms with Crippen molar-refractivity contribution >= 4 is 23.1 Å². The molecule has 3 aromatic rings. The normalized spacial score (nSPS) is 16.7. The first-order valence-electron chi connectivity index (χ1n) is 11.2. The van der Waals surface area contributed by atoms with Gasteiger partial charge in [-0.3, -0.25) is 14.5 Å². The topological polar surface area (TPSA) is 94.5 Å². The molecule has 0 saturated carbocycles. The lowest BCUT2D eigenvalue weighted by Gasteiger charge is -2.27. The molecule has 0 radical (unpaired) electrons. The minimum absolute atomic E-state index is 0.0657. The lowest BCUT2D eigenvalue weighted by Crippen LogP contribution is -2.29. The number of rotatable bonds is 7. The fourth-order valence-corrected chi connectivity index (χ4v) is 4.38. The molecule has 186 valence electrons. The van der Waals surface area contributed by atoms with Gasteiger partial charge in [0.1, 0.15) is 11.5 Å². The lowest BCUT2D eigenvalue weighted by atomic mass is 9.94. The number of ether oxygens (including phenoxy) is 4. The van der Waals surface area contributed by atoms with E-state index in [2.05, 4.69) is 0 Å². The van der Waals surface area contributed by atoms with Crippen LogP contribution in [0.15, 0.2) is 66.2 Å². The SMILES string of the molecule is COc1cccc(/C(O)=C2\C(=O)C(=O)N(c3cccc(C)c3)C2c2cc(OC)c(OC)c(OC)c2)c1. The first kappa shape index (κ1) is 24.7. The number of anilines is 1. The van der Waals surface area contributed by atoms with Crippen molar-refractivity contribution in [1.82, 2.24) is 0 Å². The van der Waals surface area contributed by atoms with E-state index in [9.17, 15) is 14.7 Å². The number of nitrogens with zero attached hydrogens (tertiary/aromatic N) is 1. The van der Waals surface area contributed by atoms with Gasteiger partial charge in [0, 0.05) is 11.3 Å². The molecular weight excluding hydrogens is 462 g/mol. The number of aliphatic hydroxyl groups excluding tert-OH is 1. The highest BCUT2D eigenvalue weighted by atomic mass is 16.5. The maximum Gasteiger partial charge on any atom is 0.300 e. The zero-order valence-corrected chi connectivity index (χ0v) is 20.7. The Balaban J connectivity index is 2.02. The summed E-state index contributed by atoms with van der Waals surface area (Å²) in [7, 11) is 5.96. The highest BCUT2D eigenvalue weighted by Crippen LogP contribution is 2.47. The molecule has 36 heavy (non-hydrogen) atoms. The molecule has 1 aliphatic heterocycles. The van der Waals surface area contributed by atoms with Crippen LogP contribution in [0.2, 0.25) is 0 Å². The van der Waals surface area contributed by atoms with Gasteiger partial charge in [-0.25, -0.2) is 0 Å². The summed E-state index contributed by atoms with van der Waals surface area (Å²) in [6.07, 6.45) is 0. The molecule has 1 N–H and O–H groups in total. The Morgan fingerprint density at radius 2 is 1.50 bits per heavy atom. The third-order valence-electron chi connectivity index (χ3n) is 6.07. The minimum Gasteiger partial charge on any atom is -0.507 e. The summed E-state index contributed by atoms with van der Waals surface area (Å²) in [6.45, 7) is 1.89. The molecule has 8 heteroatoms. The number of carbonyl (C=O) groups is 2. The molecule has 0 aliphatic carbocycles. The van der Waals surface area contributed by atoms with Crippen molar-refractivity contribution < 1.29 is 33.6 Å². The molecule has 1 amide bonds.